The molecule has 0 aliphatic carbocycles. The van der Waals surface area contributed by atoms with Crippen LogP contribution in [0.3, 0.4) is 0 Å². The zero-order chi connectivity index (χ0) is 15.4. The Bertz CT molecular complexity index is 682. The minimum absolute atomic E-state index is 0.108. The highest BCUT2D eigenvalue weighted by Crippen LogP contribution is 2.38. The summed E-state index contributed by atoms with van der Waals surface area (Å²) in [5, 5.41) is 14.3. The summed E-state index contributed by atoms with van der Waals surface area (Å²) in [4.78, 5) is 14.7. The van der Waals surface area contributed by atoms with E-state index < -0.39 is 4.92 Å². The third-order valence-corrected chi connectivity index (χ3v) is 3.46. The number of benzene rings is 1. The fourth-order valence-corrected chi connectivity index (χ4v) is 2.59. The minimum Gasteiger partial charge on any atom is -0.480 e. The van der Waals surface area contributed by atoms with Gasteiger partial charge in [-0.25, -0.2) is 0 Å². The molecule has 21 heavy (non-hydrogen) atoms. The van der Waals surface area contributed by atoms with E-state index in [1.165, 1.54) is 6.07 Å². The first kappa shape index (κ1) is 15.5. The van der Waals surface area contributed by atoms with Crippen LogP contribution >= 0.6 is 27.5 Å². The van der Waals surface area contributed by atoms with E-state index in [0.717, 1.165) is 5.69 Å². The summed E-state index contributed by atoms with van der Waals surface area (Å²) in [6, 6.07) is 6.40. The van der Waals surface area contributed by atoms with Crippen LogP contribution in [0.4, 0.5) is 11.4 Å². The lowest BCUT2D eigenvalue weighted by Gasteiger charge is -2.09. The Labute approximate surface area is 134 Å². The zero-order valence-electron chi connectivity index (χ0n) is 11.0. The molecule has 110 valence electrons. The van der Waals surface area contributed by atoms with E-state index in [0.29, 0.717) is 10.2 Å². The number of ether oxygens (including phenoxy) is 1. The van der Waals surface area contributed by atoms with Crippen molar-refractivity contribution in [3.05, 3.63) is 55.8 Å². The van der Waals surface area contributed by atoms with Gasteiger partial charge in [0, 0.05) is 30.0 Å². The monoisotopic (exact) mass is 371 g/mol. The molecule has 2 aromatic rings. The molecular weight excluding hydrogens is 362 g/mol. The molecule has 1 heterocycles. The van der Waals surface area contributed by atoms with E-state index in [1.807, 2.05) is 6.07 Å². The number of hydrogen-bond donors (Lipinski definition) is 1. The molecule has 0 radical (unpaired) electrons. The molecule has 1 N–H and O–H groups in total. The van der Waals surface area contributed by atoms with Crippen molar-refractivity contribution in [3.63, 3.8) is 0 Å². The van der Waals surface area contributed by atoms with Crippen LogP contribution in [-0.4, -0.2) is 17.0 Å². The standard InChI is InChI=1S/C13H11BrClN3O3/c1-16-9-2-3-17-10(6-9)7-21-13-11(14)4-8(15)5-12(13)18(19)20/h2-6H,7H2,1H3,(H,16,17). The average Bonchev–Trinajstić information content (AvgIpc) is 2.45. The van der Waals surface area contributed by atoms with Crippen LogP contribution in [0.2, 0.25) is 5.02 Å². The predicted octanol–water partition coefficient (Wildman–Crippen LogP) is 4.03. The van der Waals surface area contributed by atoms with Gasteiger partial charge in [-0.2, -0.15) is 0 Å². The second-order valence-electron chi connectivity index (χ2n) is 4.07. The molecule has 0 bridgehead atoms. The highest BCUT2D eigenvalue weighted by molar-refractivity contribution is 9.10. The average molecular weight is 373 g/mol. The molecule has 0 aliphatic heterocycles. The Balaban J connectivity index is 2.25. The molecule has 0 saturated heterocycles. The van der Waals surface area contributed by atoms with Crippen molar-refractivity contribution >= 4 is 38.9 Å². The SMILES string of the molecule is CNc1ccnc(COc2c(Br)cc(Cl)cc2[N+](=O)[O-])c1. The molecule has 0 spiro atoms. The summed E-state index contributed by atoms with van der Waals surface area (Å²) in [7, 11) is 1.79. The molecule has 0 aliphatic rings. The summed E-state index contributed by atoms with van der Waals surface area (Å²) in [6.07, 6.45) is 1.63. The normalized spacial score (nSPS) is 10.2. The second-order valence-corrected chi connectivity index (χ2v) is 5.36. The van der Waals surface area contributed by atoms with Gasteiger partial charge >= 0.3 is 5.69 Å². The van der Waals surface area contributed by atoms with Crippen LogP contribution in [0.1, 0.15) is 5.69 Å². The molecule has 0 atom stereocenters. The molecule has 0 saturated carbocycles. The molecule has 0 amide bonds. The van der Waals surface area contributed by atoms with Crippen molar-refractivity contribution in [3.8, 4) is 5.75 Å². The summed E-state index contributed by atoms with van der Waals surface area (Å²) in [5.74, 6) is 0.126. The lowest BCUT2D eigenvalue weighted by Crippen LogP contribution is -2.02. The van der Waals surface area contributed by atoms with Gasteiger partial charge < -0.3 is 10.1 Å². The van der Waals surface area contributed by atoms with E-state index >= 15 is 0 Å². The van der Waals surface area contributed by atoms with Gasteiger partial charge in [-0.15, -0.1) is 0 Å². The van der Waals surface area contributed by atoms with Crippen LogP contribution in [0.25, 0.3) is 0 Å². The number of pyridine rings is 1. The largest absolute Gasteiger partial charge is 0.480 e. The quantitative estimate of drug-likeness (QED) is 0.633. The molecule has 1 aromatic heterocycles. The number of aromatic nitrogens is 1. The number of rotatable bonds is 5. The van der Waals surface area contributed by atoms with Gasteiger partial charge in [-0.3, -0.25) is 15.1 Å². The first-order valence-corrected chi connectivity index (χ1v) is 7.07. The lowest BCUT2D eigenvalue weighted by atomic mass is 10.3. The maximum Gasteiger partial charge on any atom is 0.313 e. The lowest BCUT2D eigenvalue weighted by molar-refractivity contribution is -0.386. The molecular formula is C13H11BrClN3O3. The van der Waals surface area contributed by atoms with Gasteiger partial charge in [0.15, 0.2) is 0 Å². The number of nitro benzene ring substituents is 1. The Hall–Kier alpha value is -1.86. The van der Waals surface area contributed by atoms with Crippen LogP contribution in [-0.2, 0) is 6.61 Å². The second kappa shape index (κ2) is 6.73. The van der Waals surface area contributed by atoms with Gasteiger partial charge in [-0.1, -0.05) is 11.6 Å². The third kappa shape index (κ3) is 3.83. The molecule has 0 fully saturated rings. The topological polar surface area (TPSA) is 77.3 Å². The number of nitro groups is 1. The van der Waals surface area contributed by atoms with Gasteiger partial charge in [-0.05, 0) is 34.1 Å². The van der Waals surface area contributed by atoms with Crippen LogP contribution in [0, 0.1) is 10.1 Å². The van der Waals surface area contributed by atoms with Crippen molar-refractivity contribution in [2.75, 3.05) is 12.4 Å². The van der Waals surface area contributed by atoms with Crippen molar-refractivity contribution < 1.29 is 9.66 Å². The van der Waals surface area contributed by atoms with Gasteiger partial charge in [0.2, 0.25) is 5.75 Å². The van der Waals surface area contributed by atoms with Gasteiger partial charge in [0.05, 0.1) is 15.1 Å². The predicted molar refractivity (Wildman–Crippen MR) is 83.9 cm³/mol. The summed E-state index contributed by atoms with van der Waals surface area (Å²) in [5.41, 5.74) is 1.34. The Morgan fingerprint density at radius 2 is 2.24 bits per heavy atom. The van der Waals surface area contributed by atoms with E-state index in [-0.39, 0.29) is 23.1 Å². The van der Waals surface area contributed by atoms with E-state index in [2.05, 4.69) is 26.2 Å². The van der Waals surface area contributed by atoms with Crippen molar-refractivity contribution in [2.24, 2.45) is 0 Å². The third-order valence-electron chi connectivity index (χ3n) is 2.66. The zero-order valence-corrected chi connectivity index (χ0v) is 13.3. The van der Waals surface area contributed by atoms with Crippen LogP contribution < -0.4 is 10.1 Å². The van der Waals surface area contributed by atoms with Gasteiger partial charge in [0.25, 0.3) is 0 Å². The fourth-order valence-electron chi connectivity index (χ4n) is 1.68. The molecule has 8 heteroatoms. The van der Waals surface area contributed by atoms with E-state index in [1.54, 1.807) is 25.4 Å². The van der Waals surface area contributed by atoms with Crippen molar-refractivity contribution in [1.82, 2.24) is 4.98 Å². The van der Waals surface area contributed by atoms with Gasteiger partial charge in [0.1, 0.15) is 6.61 Å². The van der Waals surface area contributed by atoms with Crippen LogP contribution in [0.5, 0.6) is 5.75 Å². The maximum absolute atomic E-state index is 11.1. The number of nitrogens with zero attached hydrogens (tertiary/aromatic N) is 2. The number of nitrogens with one attached hydrogen (secondary N) is 1. The molecule has 0 unspecified atom stereocenters. The van der Waals surface area contributed by atoms with E-state index in [4.69, 9.17) is 16.3 Å². The maximum atomic E-state index is 11.1. The number of anilines is 1. The number of halogens is 2. The Kier molecular flexibility index (Phi) is 4.98. The molecule has 2 rings (SSSR count). The summed E-state index contributed by atoms with van der Waals surface area (Å²) >= 11 is 9.03. The fraction of sp³-hybridized carbons (Fsp3) is 0.154. The highest BCUT2D eigenvalue weighted by Gasteiger charge is 2.20. The van der Waals surface area contributed by atoms with E-state index in [9.17, 15) is 10.1 Å². The highest BCUT2D eigenvalue weighted by atomic mass is 79.9. The molecule has 6 nitrogen and oxygen atoms in total. The summed E-state index contributed by atoms with van der Waals surface area (Å²) < 4.78 is 5.95. The number of hydrogen-bond acceptors (Lipinski definition) is 5. The summed E-state index contributed by atoms with van der Waals surface area (Å²) in [6.45, 7) is 0.108. The van der Waals surface area contributed by atoms with Crippen molar-refractivity contribution in [2.45, 2.75) is 6.61 Å². The minimum atomic E-state index is -0.538. The smallest absolute Gasteiger partial charge is 0.313 e. The van der Waals surface area contributed by atoms with Crippen molar-refractivity contribution in [1.29, 1.82) is 0 Å². The first-order chi connectivity index (χ1) is 10.0. The Morgan fingerprint density at radius 3 is 2.90 bits per heavy atom. The molecule has 1 aromatic carbocycles. The first-order valence-electron chi connectivity index (χ1n) is 5.90. The Morgan fingerprint density at radius 1 is 1.48 bits per heavy atom. The van der Waals surface area contributed by atoms with Crippen LogP contribution in [0.15, 0.2) is 34.9 Å².